The predicted octanol–water partition coefficient (Wildman–Crippen LogP) is 10.2. The number of phosphoric acid groups is 1. The number of hydrogen-bond donors (Lipinski definition) is 3. The van der Waals surface area contributed by atoms with Gasteiger partial charge in [0.25, 0.3) is 0 Å². The van der Waals surface area contributed by atoms with E-state index in [0.717, 1.165) is 44.4 Å². The van der Waals surface area contributed by atoms with Crippen LogP contribution < -0.4 is 0 Å². The van der Waals surface area contributed by atoms with Crippen LogP contribution in [0.15, 0.2) is 60.8 Å². The van der Waals surface area contributed by atoms with Crippen LogP contribution in [0.1, 0.15) is 149 Å². The standard InChI is InChI=1S/C40H69O9P/c1-4-6-30-37(41)31-26-22-18-14-9-7-8-10-16-20-24-28-33-40(43)49-38(35-48-50(44,45)46)34-47-39(42)32-27-23-19-15-12-11-13-17-21-25-29-36(3)5-2/h6-8,14,16,18,20,22,26,30,36-38,41H,4-5,9-13,15,17,19,21,23-25,27-29,31-35H2,1-3H3,(H2,44,45,46)/b8-7-,18-14-,20-16-,26-22+,30-6-/t36?,37?,38-/m1/s1. The zero-order chi connectivity index (χ0) is 37.1. The molecular weight excluding hydrogens is 655 g/mol. The number of aliphatic hydroxyl groups is 1. The van der Waals surface area contributed by atoms with Gasteiger partial charge in [-0.25, -0.2) is 4.57 Å². The lowest BCUT2D eigenvalue weighted by Gasteiger charge is -2.18. The summed E-state index contributed by atoms with van der Waals surface area (Å²) in [6.07, 6.45) is 37.2. The first-order valence-corrected chi connectivity index (χ1v) is 20.6. The van der Waals surface area contributed by atoms with E-state index in [2.05, 4.69) is 30.5 Å². The molecule has 288 valence electrons. The van der Waals surface area contributed by atoms with Crippen molar-refractivity contribution in [2.45, 2.75) is 161 Å². The van der Waals surface area contributed by atoms with Gasteiger partial charge in [-0.1, -0.05) is 152 Å². The zero-order valence-corrected chi connectivity index (χ0v) is 32.2. The van der Waals surface area contributed by atoms with Crippen molar-refractivity contribution in [3.63, 3.8) is 0 Å². The Morgan fingerprint density at radius 3 is 1.92 bits per heavy atom. The summed E-state index contributed by atoms with van der Waals surface area (Å²) in [5.41, 5.74) is 0. The molecule has 0 spiro atoms. The van der Waals surface area contributed by atoms with Gasteiger partial charge >= 0.3 is 19.8 Å². The van der Waals surface area contributed by atoms with E-state index in [-0.39, 0.29) is 19.4 Å². The van der Waals surface area contributed by atoms with Crippen molar-refractivity contribution in [1.29, 1.82) is 0 Å². The average molecular weight is 725 g/mol. The molecule has 0 aliphatic rings. The summed E-state index contributed by atoms with van der Waals surface area (Å²) in [7, 11) is -4.78. The summed E-state index contributed by atoms with van der Waals surface area (Å²) in [6, 6.07) is 0. The number of aliphatic hydroxyl groups excluding tert-OH is 1. The summed E-state index contributed by atoms with van der Waals surface area (Å²) in [5.74, 6) is -0.137. The number of allylic oxidation sites excluding steroid dienone is 8. The van der Waals surface area contributed by atoms with Gasteiger partial charge < -0.3 is 24.4 Å². The van der Waals surface area contributed by atoms with Crippen molar-refractivity contribution in [2.24, 2.45) is 5.92 Å². The van der Waals surface area contributed by atoms with Gasteiger partial charge in [-0.05, 0) is 50.9 Å². The molecular formula is C40H69O9P. The van der Waals surface area contributed by atoms with Crippen LogP contribution in [0.5, 0.6) is 0 Å². The Bertz CT molecular complexity index is 1030. The number of esters is 2. The van der Waals surface area contributed by atoms with Gasteiger partial charge in [0.15, 0.2) is 6.10 Å². The lowest BCUT2D eigenvalue weighted by atomic mass is 9.99. The predicted molar refractivity (Wildman–Crippen MR) is 203 cm³/mol. The highest BCUT2D eigenvalue weighted by atomic mass is 31.2. The van der Waals surface area contributed by atoms with Gasteiger partial charge in [-0.3, -0.25) is 14.1 Å². The van der Waals surface area contributed by atoms with Crippen molar-refractivity contribution in [3.8, 4) is 0 Å². The molecule has 2 unspecified atom stereocenters. The maximum atomic E-state index is 12.3. The lowest BCUT2D eigenvalue weighted by molar-refractivity contribution is -0.161. The van der Waals surface area contributed by atoms with Gasteiger partial charge in [0.1, 0.15) is 6.61 Å². The van der Waals surface area contributed by atoms with Crippen LogP contribution in [0, 0.1) is 5.92 Å². The van der Waals surface area contributed by atoms with E-state index in [4.69, 9.17) is 19.3 Å². The van der Waals surface area contributed by atoms with E-state index >= 15 is 0 Å². The van der Waals surface area contributed by atoms with Crippen LogP contribution >= 0.6 is 7.82 Å². The Hall–Kier alpha value is -2.29. The Balaban J connectivity index is 4.13. The first-order valence-electron chi connectivity index (χ1n) is 19.1. The smallest absolute Gasteiger partial charge is 0.462 e. The van der Waals surface area contributed by atoms with Gasteiger partial charge in [0.05, 0.1) is 12.7 Å². The number of ether oxygens (including phenoxy) is 2. The first-order chi connectivity index (χ1) is 24.1. The highest BCUT2D eigenvalue weighted by molar-refractivity contribution is 7.46. The monoisotopic (exact) mass is 724 g/mol. The largest absolute Gasteiger partial charge is 0.469 e. The highest BCUT2D eigenvalue weighted by Gasteiger charge is 2.22. The van der Waals surface area contributed by atoms with Gasteiger partial charge in [0.2, 0.25) is 0 Å². The molecule has 0 bridgehead atoms. The van der Waals surface area contributed by atoms with Crippen LogP contribution in [-0.4, -0.2) is 52.3 Å². The molecule has 0 radical (unpaired) electrons. The maximum Gasteiger partial charge on any atom is 0.469 e. The number of phosphoric ester groups is 1. The summed E-state index contributed by atoms with van der Waals surface area (Å²) in [6.45, 7) is 5.72. The van der Waals surface area contributed by atoms with E-state index in [1.165, 1.54) is 51.4 Å². The molecule has 0 amide bonds. The molecule has 50 heavy (non-hydrogen) atoms. The van der Waals surface area contributed by atoms with Crippen LogP contribution in [0.3, 0.4) is 0 Å². The number of carbonyl (C=O) groups excluding carboxylic acids is 2. The topological polar surface area (TPSA) is 140 Å². The molecule has 0 saturated heterocycles. The number of rotatable bonds is 33. The molecule has 3 N–H and O–H groups in total. The first kappa shape index (κ1) is 47.7. The Morgan fingerprint density at radius 1 is 0.700 bits per heavy atom. The molecule has 0 rings (SSSR count). The average Bonchev–Trinajstić information content (AvgIpc) is 3.08. The van der Waals surface area contributed by atoms with Crippen molar-refractivity contribution in [1.82, 2.24) is 0 Å². The fraction of sp³-hybridized carbons (Fsp3) is 0.700. The SMILES string of the molecule is CC/C=C\C(O)C/C=C/C=C\C/C=C\C/C=C\CCCC(=O)O[C@H](COC(=O)CCCCCCCCCCCCC(C)CC)COP(=O)(O)O. The van der Waals surface area contributed by atoms with Crippen LogP contribution in [0.25, 0.3) is 0 Å². The molecule has 0 aromatic carbocycles. The minimum Gasteiger partial charge on any atom is -0.462 e. The number of unbranched alkanes of at least 4 members (excludes halogenated alkanes) is 10. The van der Waals surface area contributed by atoms with Gasteiger partial charge in [-0.15, -0.1) is 0 Å². The third-order valence-electron chi connectivity index (χ3n) is 8.17. The molecule has 3 atom stereocenters. The molecule has 0 heterocycles. The lowest BCUT2D eigenvalue weighted by Crippen LogP contribution is -2.29. The summed E-state index contributed by atoms with van der Waals surface area (Å²) >= 11 is 0. The molecule has 0 fully saturated rings. The van der Waals surface area contributed by atoms with Crippen LogP contribution in [0.2, 0.25) is 0 Å². The number of hydrogen-bond acceptors (Lipinski definition) is 7. The molecule has 0 aliphatic heterocycles. The molecule has 9 nitrogen and oxygen atoms in total. The fourth-order valence-corrected chi connectivity index (χ4v) is 5.29. The molecule has 0 aromatic rings. The van der Waals surface area contributed by atoms with E-state index in [9.17, 15) is 19.3 Å². The molecule has 0 saturated carbocycles. The van der Waals surface area contributed by atoms with E-state index < -0.39 is 38.6 Å². The Morgan fingerprint density at radius 2 is 1.28 bits per heavy atom. The third kappa shape index (κ3) is 35.5. The van der Waals surface area contributed by atoms with Crippen molar-refractivity contribution in [3.05, 3.63) is 60.8 Å². The summed E-state index contributed by atoms with van der Waals surface area (Å²) in [4.78, 5) is 42.7. The second kappa shape index (κ2) is 33.8. The highest BCUT2D eigenvalue weighted by Crippen LogP contribution is 2.36. The third-order valence-corrected chi connectivity index (χ3v) is 8.65. The fourth-order valence-electron chi connectivity index (χ4n) is 4.93. The minimum absolute atomic E-state index is 0.114. The normalized spacial score (nSPS) is 14.4. The Labute approximate surface area is 303 Å². The van der Waals surface area contributed by atoms with E-state index in [1.54, 1.807) is 0 Å². The van der Waals surface area contributed by atoms with E-state index in [0.29, 0.717) is 25.7 Å². The van der Waals surface area contributed by atoms with Crippen LogP contribution in [-0.2, 0) is 28.2 Å². The molecule has 0 aliphatic carbocycles. The minimum atomic E-state index is -4.78. The zero-order valence-electron chi connectivity index (χ0n) is 31.3. The maximum absolute atomic E-state index is 12.3. The second-order valence-corrected chi connectivity index (χ2v) is 14.2. The molecule has 10 heteroatoms. The van der Waals surface area contributed by atoms with Crippen LogP contribution in [0.4, 0.5) is 0 Å². The second-order valence-electron chi connectivity index (χ2n) is 13.0. The summed E-state index contributed by atoms with van der Waals surface area (Å²) < 4.78 is 26.2. The van der Waals surface area contributed by atoms with E-state index in [1.807, 2.05) is 55.5 Å². The van der Waals surface area contributed by atoms with Crippen molar-refractivity contribution >= 4 is 19.8 Å². The van der Waals surface area contributed by atoms with Crippen molar-refractivity contribution in [2.75, 3.05) is 13.2 Å². The number of carbonyl (C=O) groups is 2. The summed E-state index contributed by atoms with van der Waals surface area (Å²) in [5, 5.41) is 9.73. The van der Waals surface area contributed by atoms with Gasteiger partial charge in [-0.2, -0.15) is 0 Å². The quantitative estimate of drug-likeness (QED) is 0.0198. The Kier molecular flexibility index (Phi) is 32.3. The van der Waals surface area contributed by atoms with Crippen molar-refractivity contribution < 1.29 is 43.0 Å². The van der Waals surface area contributed by atoms with Gasteiger partial charge in [0, 0.05) is 12.8 Å². The molecule has 0 aromatic heterocycles.